The zero-order valence-electron chi connectivity index (χ0n) is 16.2. The Morgan fingerprint density at radius 2 is 1.67 bits per heavy atom. The van der Waals surface area contributed by atoms with E-state index in [9.17, 15) is 4.79 Å². The van der Waals surface area contributed by atoms with Gasteiger partial charge in [-0.3, -0.25) is 4.79 Å². The van der Waals surface area contributed by atoms with Crippen LogP contribution < -0.4 is 15.4 Å². The average molecular weight is 399 g/mol. The fourth-order valence-electron chi connectivity index (χ4n) is 2.89. The van der Waals surface area contributed by atoms with E-state index < -0.39 is 0 Å². The summed E-state index contributed by atoms with van der Waals surface area (Å²) in [6.07, 6.45) is 5.34. The molecule has 2 aromatic carbocycles. The third kappa shape index (κ3) is 4.82. The number of carbonyl (C=O) groups is 1. The van der Waals surface area contributed by atoms with Crippen LogP contribution in [0.4, 0.5) is 5.82 Å². The van der Waals surface area contributed by atoms with E-state index in [2.05, 4.69) is 20.6 Å². The van der Waals surface area contributed by atoms with Crippen LogP contribution in [0.15, 0.2) is 91.5 Å². The van der Waals surface area contributed by atoms with Gasteiger partial charge in [-0.1, -0.05) is 30.3 Å². The molecule has 2 heterocycles. The summed E-state index contributed by atoms with van der Waals surface area (Å²) >= 11 is 0. The number of rotatable bonds is 8. The zero-order valence-corrected chi connectivity index (χ0v) is 16.2. The van der Waals surface area contributed by atoms with E-state index in [1.165, 1.54) is 6.33 Å². The van der Waals surface area contributed by atoms with Crippen molar-refractivity contribution in [3.8, 4) is 17.3 Å². The fourth-order valence-corrected chi connectivity index (χ4v) is 2.89. The predicted octanol–water partition coefficient (Wildman–Crippen LogP) is 3.90. The number of hydrogen-bond acceptors (Lipinski definition) is 5. The summed E-state index contributed by atoms with van der Waals surface area (Å²) in [6.45, 7) is 0.955. The number of aromatic nitrogens is 3. The van der Waals surface area contributed by atoms with Crippen molar-refractivity contribution in [2.45, 2.75) is 0 Å². The highest BCUT2D eigenvalue weighted by atomic mass is 16.5. The summed E-state index contributed by atoms with van der Waals surface area (Å²) in [5, 5.41) is 6.11. The lowest BCUT2D eigenvalue weighted by Gasteiger charge is -2.12. The van der Waals surface area contributed by atoms with Gasteiger partial charge in [0, 0.05) is 31.5 Å². The molecule has 0 radical (unpaired) electrons. The highest BCUT2D eigenvalue weighted by Crippen LogP contribution is 2.24. The number of nitrogens with one attached hydrogen (secondary N) is 2. The van der Waals surface area contributed by atoms with E-state index in [1.54, 1.807) is 12.1 Å². The molecule has 0 aliphatic rings. The second kappa shape index (κ2) is 9.38. The highest BCUT2D eigenvalue weighted by Gasteiger charge is 2.12. The van der Waals surface area contributed by atoms with Gasteiger partial charge in [0.25, 0.3) is 5.91 Å². The van der Waals surface area contributed by atoms with Gasteiger partial charge in [-0.05, 0) is 36.4 Å². The summed E-state index contributed by atoms with van der Waals surface area (Å²) in [7, 11) is 0. The van der Waals surface area contributed by atoms with Crippen LogP contribution in [0.25, 0.3) is 5.82 Å². The second-order valence-corrected chi connectivity index (χ2v) is 6.45. The number of benzene rings is 2. The van der Waals surface area contributed by atoms with Gasteiger partial charge < -0.3 is 19.9 Å². The minimum Gasteiger partial charge on any atom is -0.457 e. The van der Waals surface area contributed by atoms with Crippen LogP contribution in [0.1, 0.15) is 10.4 Å². The number of amides is 1. The van der Waals surface area contributed by atoms with E-state index in [4.69, 9.17) is 4.74 Å². The third-order valence-electron chi connectivity index (χ3n) is 4.34. The first-order chi connectivity index (χ1) is 14.8. The molecule has 7 heteroatoms. The average Bonchev–Trinajstić information content (AvgIpc) is 3.33. The van der Waals surface area contributed by atoms with Crippen LogP contribution in [0.2, 0.25) is 0 Å². The normalized spacial score (nSPS) is 10.4. The Balaban J connectivity index is 1.32. The van der Waals surface area contributed by atoms with Crippen LogP contribution in [0.5, 0.6) is 11.5 Å². The molecule has 150 valence electrons. The van der Waals surface area contributed by atoms with E-state index in [1.807, 2.05) is 77.6 Å². The Morgan fingerprint density at radius 1 is 0.900 bits per heavy atom. The summed E-state index contributed by atoms with van der Waals surface area (Å²) in [6, 6.07) is 22.3. The van der Waals surface area contributed by atoms with E-state index in [0.717, 1.165) is 5.82 Å². The van der Waals surface area contributed by atoms with Gasteiger partial charge in [-0.15, -0.1) is 0 Å². The van der Waals surface area contributed by atoms with Crippen molar-refractivity contribution in [3.05, 3.63) is 97.1 Å². The Kier molecular flexibility index (Phi) is 6.00. The quantitative estimate of drug-likeness (QED) is 0.439. The maximum absolute atomic E-state index is 12.6. The molecule has 2 aromatic heterocycles. The fraction of sp³-hybridized carbons (Fsp3) is 0.0870. The van der Waals surface area contributed by atoms with Crippen molar-refractivity contribution in [1.29, 1.82) is 0 Å². The first-order valence-electron chi connectivity index (χ1n) is 9.59. The number of para-hydroxylation sites is 2. The number of nitrogens with zero attached hydrogens (tertiary/aromatic N) is 3. The summed E-state index contributed by atoms with van der Waals surface area (Å²) in [5.74, 6) is 2.46. The van der Waals surface area contributed by atoms with Crippen molar-refractivity contribution >= 4 is 11.7 Å². The second-order valence-electron chi connectivity index (χ2n) is 6.45. The number of ether oxygens (including phenoxy) is 1. The molecule has 1 amide bonds. The molecule has 0 saturated carbocycles. The summed E-state index contributed by atoms with van der Waals surface area (Å²) in [5.41, 5.74) is 0.485. The van der Waals surface area contributed by atoms with Gasteiger partial charge in [-0.25, -0.2) is 9.97 Å². The van der Waals surface area contributed by atoms with Crippen molar-refractivity contribution < 1.29 is 9.53 Å². The predicted molar refractivity (Wildman–Crippen MR) is 115 cm³/mol. The standard InChI is InChI=1S/C23H21N5O2/c29-23(19-10-4-5-11-20(19)30-18-8-2-1-3-9-18)25-13-12-24-21-16-22(27-17-26-21)28-14-6-7-15-28/h1-11,14-17H,12-13H2,(H,25,29)(H,24,26,27). The third-order valence-corrected chi connectivity index (χ3v) is 4.34. The lowest BCUT2D eigenvalue weighted by Crippen LogP contribution is -2.29. The number of anilines is 1. The molecule has 0 unspecified atom stereocenters. The molecule has 0 atom stereocenters. The molecule has 4 aromatic rings. The minimum absolute atomic E-state index is 0.195. The molecule has 30 heavy (non-hydrogen) atoms. The molecule has 0 bridgehead atoms. The van der Waals surface area contributed by atoms with Crippen LogP contribution in [0.3, 0.4) is 0 Å². The number of carbonyl (C=O) groups excluding carboxylic acids is 1. The van der Waals surface area contributed by atoms with Crippen LogP contribution in [-0.4, -0.2) is 33.5 Å². The van der Waals surface area contributed by atoms with Gasteiger partial charge in [0.2, 0.25) is 0 Å². The largest absolute Gasteiger partial charge is 0.457 e. The summed E-state index contributed by atoms with van der Waals surface area (Å²) in [4.78, 5) is 21.1. The molecule has 0 aliphatic heterocycles. The lowest BCUT2D eigenvalue weighted by molar-refractivity contribution is 0.0953. The Labute approximate surface area is 174 Å². The minimum atomic E-state index is -0.195. The van der Waals surface area contributed by atoms with Gasteiger partial charge >= 0.3 is 0 Å². The number of hydrogen-bond donors (Lipinski definition) is 2. The van der Waals surface area contributed by atoms with Crippen LogP contribution in [-0.2, 0) is 0 Å². The van der Waals surface area contributed by atoms with Gasteiger partial charge in [0.1, 0.15) is 29.5 Å². The maximum atomic E-state index is 12.6. The topological polar surface area (TPSA) is 81.1 Å². The monoisotopic (exact) mass is 399 g/mol. The van der Waals surface area contributed by atoms with E-state index >= 15 is 0 Å². The molecule has 0 spiro atoms. The molecule has 0 saturated heterocycles. The molecule has 7 nitrogen and oxygen atoms in total. The van der Waals surface area contributed by atoms with Crippen molar-refractivity contribution in [1.82, 2.24) is 19.9 Å². The molecular weight excluding hydrogens is 378 g/mol. The smallest absolute Gasteiger partial charge is 0.255 e. The molecule has 2 N–H and O–H groups in total. The first-order valence-corrected chi connectivity index (χ1v) is 9.59. The van der Waals surface area contributed by atoms with Crippen molar-refractivity contribution in [3.63, 3.8) is 0 Å². The Morgan fingerprint density at radius 3 is 2.50 bits per heavy atom. The molecule has 0 fully saturated rings. The zero-order chi connectivity index (χ0) is 20.6. The van der Waals surface area contributed by atoms with E-state index in [-0.39, 0.29) is 5.91 Å². The Hall–Kier alpha value is -4.13. The highest BCUT2D eigenvalue weighted by molar-refractivity contribution is 5.97. The van der Waals surface area contributed by atoms with Crippen LogP contribution in [0, 0.1) is 0 Å². The molecular formula is C23H21N5O2. The SMILES string of the molecule is O=C(NCCNc1cc(-n2cccc2)ncn1)c1ccccc1Oc1ccccc1. The molecule has 4 rings (SSSR count). The van der Waals surface area contributed by atoms with Gasteiger partial charge in [0.15, 0.2) is 0 Å². The summed E-state index contributed by atoms with van der Waals surface area (Å²) < 4.78 is 7.76. The van der Waals surface area contributed by atoms with Crippen molar-refractivity contribution in [2.24, 2.45) is 0 Å². The first kappa shape index (κ1) is 19.2. The Bertz CT molecular complexity index is 1100. The van der Waals surface area contributed by atoms with Gasteiger partial charge in [-0.2, -0.15) is 0 Å². The van der Waals surface area contributed by atoms with Gasteiger partial charge in [0.05, 0.1) is 5.56 Å². The van der Waals surface area contributed by atoms with Crippen LogP contribution >= 0.6 is 0 Å². The van der Waals surface area contributed by atoms with Crippen molar-refractivity contribution in [2.75, 3.05) is 18.4 Å². The lowest BCUT2D eigenvalue weighted by atomic mass is 10.2. The van der Waals surface area contributed by atoms with E-state index in [0.29, 0.717) is 36.0 Å². The maximum Gasteiger partial charge on any atom is 0.255 e. The molecule has 0 aliphatic carbocycles.